The summed E-state index contributed by atoms with van der Waals surface area (Å²) < 4.78 is 37.5. The van der Waals surface area contributed by atoms with E-state index in [1.54, 1.807) is 61.5 Å². The maximum absolute atomic E-state index is 13.7. The van der Waals surface area contributed by atoms with E-state index in [0.29, 0.717) is 28.2 Å². The van der Waals surface area contributed by atoms with Crippen LogP contribution in [0.15, 0.2) is 91.5 Å². The molecule has 0 aromatic heterocycles. The Hall–Kier alpha value is -4.94. The van der Waals surface area contributed by atoms with Crippen molar-refractivity contribution in [3.8, 4) is 35.2 Å². The van der Waals surface area contributed by atoms with Crippen LogP contribution in [-0.2, 0) is 9.59 Å². The van der Waals surface area contributed by atoms with Gasteiger partial charge in [-0.05, 0) is 73.7 Å². The van der Waals surface area contributed by atoms with Crippen molar-refractivity contribution in [2.45, 2.75) is 13.3 Å². The fourth-order valence-electron chi connectivity index (χ4n) is 2.78. The van der Waals surface area contributed by atoms with Gasteiger partial charge < -0.3 is 9.47 Å². The van der Waals surface area contributed by atoms with Crippen LogP contribution in [-0.4, -0.2) is 11.9 Å². The van der Waals surface area contributed by atoms with Gasteiger partial charge in [0.05, 0.1) is 0 Å². The molecule has 0 unspecified atom stereocenters. The lowest BCUT2D eigenvalue weighted by atomic mass is 10.0. The maximum Gasteiger partial charge on any atom is 0.338 e. The van der Waals surface area contributed by atoms with E-state index in [2.05, 4.69) is 36.8 Å². The van der Waals surface area contributed by atoms with Crippen LogP contribution in [0.4, 0.5) is 8.78 Å². The molecule has 4 nitrogen and oxygen atoms in total. The van der Waals surface area contributed by atoms with Crippen molar-refractivity contribution in [1.82, 2.24) is 0 Å². The van der Waals surface area contributed by atoms with Gasteiger partial charge in [0, 0.05) is 39.5 Å². The van der Waals surface area contributed by atoms with Crippen molar-refractivity contribution >= 4 is 11.9 Å². The zero-order valence-electron chi connectivity index (χ0n) is 19.3. The molecule has 0 saturated heterocycles. The van der Waals surface area contributed by atoms with Gasteiger partial charge in [-0.15, -0.1) is 0 Å². The molecule has 0 fully saturated rings. The minimum atomic E-state index is -2.74. The lowest BCUT2D eigenvalue weighted by molar-refractivity contribution is -0.130. The number of benzene rings is 3. The highest BCUT2D eigenvalue weighted by Crippen LogP contribution is 2.24. The number of alkyl halides is 2. The van der Waals surface area contributed by atoms with Gasteiger partial charge in [-0.1, -0.05) is 36.8 Å². The average Bonchev–Trinajstić information content (AvgIpc) is 2.87. The van der Waals surface area contributed by atoms with E-state index < -0.39 is 18.4 Å². The normalized spacial score (nSPS) is 9.78. The number of rotatable bonds is 5. The van der Waals surface area contributed by atoms with Crippen LogP contribution >= 0.6 is 0 Å². The molecule has 0 saturated carbocycles. The Kier molecular flexibility index (Phi) is 8.54. The minimum Gasteiger partial charge on any atom is -0.423 e. The molecule has 3 aromatic rings. The first-order valence-corrected chi connectivity index (χ1v) is 10.6. The molecule has 0 bridgehead atoms. The van der Waals surface area contributed by atoms with Gasteiger partial charge >= 0.3 is 11.9 Å². The molecule has 0 aliphatic heterocycles. The highest BCUT2D eigenvalue weighted by atomic mass is 19.3. The highest BCUT2D eigenvalue weighted by molar-refractivity contribution is 5.88. The third-order valence-electron chi connectivity index (χ3n) is 4.63. The van der Waals surface area contributed by atoms with E-state index in [1.807, 2.05) is 0 Å². The fraction of sp³-hybridized carbons (Fsp3) is 0.0667. The van der Waals surface area contributed by atoms with Gasteiger partial charge in [0.1, 0.15) is 11.5 Å². The van der Waals surface area contributed by atoms with Crippen LogP contribution < -0.4 is 9.47 Å². The van der Waals surface area contributed by atoms with Gasteiger partial charge in [0.2, 0.25) is 0 Å². The van der Waals surface area contributed by atoms with Gasteiger partial charge in [-0.2, -0.15) is 0 Å². The molecule has 3 aromatic carbocycles. The zero-order valence-corrected chi connectivity index (χ0v) is 19.3. The van der Waals surface area contributed by atoms with Crippen LogP contribution in [0.2, 0.25) is 0 Å². The van der Waals surface area contributed by atoms with Crippen molar-refractivity contribution < 1.29 is 27.8 Å². The summed E-state index contributed by atoms with van der Waals surface area (Å²) in [6, 6.07) is 17.2. The number of hydrogen-bond acceptors (Lipinski definition) is 4. The minimum absolute atomic E-state index is 0.182. The molecular formula is C30H20F2O4. The van der Waals surface area contributed by atoms with Gasteiger partial charge in [-0.25, -0.2) is 18.4 Å². The lowest BCUT2D eigenvalue weighted by Crippen LogP contribution is -2.07. The van der Waals surface area contributed by atoms with Gasteiger partial charge in [0.25, 0.3) is 6.43 Å². The Morgan fingerprint density at radius 3 is 1.83 bits per heavy atom. The molecule has 0 amide bonds. The number of carbonyl (C=O) groups excluding carboxylic acids is 2. The van der Waals surface area contributed by atoms with E-state index in [1.165, 1.54) is 12.1 Å². The third-order valence-corrected chi connectivity index (χ3v) is 4.63. The highest BCUT2D eigenvalue weighted by Gasteiger charge is 2.12. The monoisotopic (exact) mass is 482 g/mol. The van der Waals surface area contributed by atoms with Gasteiger partial charge in [0.15, 0.2) is 0 Å². The number of hydrogen-bond donors (Lipinski definition) is 0. The lowest BCUT2D eigenvalue weighted by Gasteiger charge is -2.04. The van der Waals surface area contributed by atoms with Crippen molar-refractivity contribution in [2.24, 2.45) is 0 Å². The molecule has 36 heavy (non-hydrogen) atoms. The van der Waals surface area contributed by atoms with Crippen LogP contribution in [0.1, 0.15) is 41.2 Å². The molecule has 3 rings (SSSR count). The topological polar surface area (TPSA) is 52.6 Å². The van der Waals surface area contributed by atoms with E-state index >= 15 is 0 Å². The third kappa shape index (κ3) is 7.28. The number of esters is 2. The van der Waals surface area contributed by atoms with Crippen molar-refractivity contribution in [2.75, 3.05) is 0 Å². The molecule has 0 radical (unpaired) electrons. The number of carbonyl (C=O) groups is 2. The summed E-state index contributed by atoms with van der Waals surface area (Å²) in [5.41, 5.74) is 1.83. The number of halogens is 2. The SMILES string of the molecule is C=CC(=O)Oc1ccc(C#Cc2ccc(C#Cc3ccc(OC(=O)C(=C)C)cc3)cc2C(F)F)cc1. The Labute approximate surface area is 207 Å². The standard InChI is InChI=1S/C30H20F2O4/c1-4-28(33)35-25-15-9-22(10-16-25)7-13-24-14-8-23(19-27(24)29(31)32)6-5-21-11-17-26(18-12-21)36-30(34)20(2)3/h4,8-12,14-19,29H,1-2H2,3H3. The molecule has 0 spiro atoms. The second-order valence-corrected chi connectivity index (χ2v) is 7.45. The molecule has 0 N–H and O–H groups in total. The summed E-state index contributed by atoms with van der Waals surface area (Å²) in [7, 11) is 0. The summed E-state index contributed by atoms with van der Waals surface area (Å²) in [5.74, 6) is 10.9. The second-order valence-electron chi connectivity index (χ2n) is 7.45. The Morgan fingerprint density at radius 1 is 0.806 bits per heavy atom. The smallest absolute Gasteiger partial charge is 0.338 e. The molecule has 178 valence electrons. The Morgan fingerprint density at radius 2 is 1.31 bits per heavy atom. The van der Waals surface area contributed by atoms with Gasteiger partial charge in [-0.3, -0.25) is 0 Å². The first-order chi connectivity index (χ1) is 17.2. The summed E-state index contributed by atoms with van der Waals surface area (Å²) in [6.45, 7) is 8.40. The predicted molar refractivity (Wildman–Crippen MR) is 133 cm³/mol. The predicted octanol–water partition coefficient (Wildman–Crippen LogP) is 6.00. The molecule has 0 aliphatic rings. The van der Waals surface area contributed by atoms with E-state index in [4.69, 9.17) is 9.47 Å². The molecule has 0 aliphatic carbocycles. The Balaban J connectivity index is 1.76. The fourth-order valence-corrected chi connectivity index (χ4v) is 2.78. The number of ether oxygens (including phenoxy) is 2. The Bertz CT molecular complexity index is 1430. The van der Waals surface area contributed by atoms with E-state index in [0.717, 1.165) is 6.08 Å². The largest absolute Gasteiger partial charge is 0.423 e. The summed E-state index contributed by atoms with van der Waals surface area (Å²) in [5, 5.41) is 0. The van der Waals surface area contributed by atoms with Crippen LogP contribution in [0.5, 0.6) is 11.5 Å². The van der Waals surface area contributed by atoms with Crippen LogP contribution in [0.3, 0.4) is 0 Å². The molecule has 0 atom stereocenters. The average molecular weight is 482 g/mol. The summed E-state index contributed by atoms with van der Waals surface area (Å²) >= 11 is 0. The summed E-state index contributed by atoms with van der Waals surface area (Å²) in [4.78, 5) is 22.8. The molecular weight excluding hydrogens is 462 g/mol. The van der Waals surface area contributed by atoms with Crippen molar-refractivity contribution in [3.05, 3.63) is 119 Å². The zero-order chi connectivity index (χ0) is 26.1. The summed E-state index contributed by atoms with van der Waals surface area (Å²) in [6.07, 6.45) is -1.69. The second kappa shape index (κ2) is 12.0. The molecule has 0 heterocycles. The van der Waals surface area contributed by atoms with Crippen molar-refractivity contribution in [3.63, 3.8) is 0 Å². The maximum atomic E-state index is 13.7. The van der Waals surface area contributed by atoms with Crippen molar-refractivity contribution in [1.29, 1.82) is 0 Å². The first-order valence-electron chi connectivity index (χ1n) is 10.6. The van der Waals surface area contributed by atoms with Crippen LogP contribution in [0.25, 0.3) is 0 Å². The first kappa shape index (κ1) is 25.7. The quantitative estimate of drug-likeness (QED) is 0.194. The molecule has 6 heteroatoms. The van der Waals surface area contributed by atoms with E-state index in [9.17, 15) is 18.4 Å². The van der Waals surface area contributed by atoms with Crippen LogP contribution in [0, 0.1) is 23.7 Å². The van der Waals surface area contributed by atoms with E-state index in [-0.39, 0.29) is 16.7 Å².